The molecular formula is C16H15N5O3. The third kappa shape index (κ3) is 2.27. The lowest BCUT2D eigenvalue weighted by atomic mass is 9.79. The van der Waals surface area contributed by atoms with Gasteiger partial charge in [-0.2, -0.15) is 19.8 Å². The molecule has 2 aliphatic rings. The predicted octanol–water partition coefficient (Wildman–Crippen LogP) is 1.21. The Kier molecular flexibility index (Phi) is 3.37. The van der Waals surface area contributed by atoms with E-state index in [0.29, 0.717) is 12.4 Å². The van der Waals surface area contributed by atoms with E-state index in [9.17, 15) is 9.59 Å². The smallest absolute Gasteiger partial charge is 0.248 e. The van der Waals surface area contributed by atoms with Crippen LogP contribution in [-0.4, -0.2) is 39.0 Å². The normalized spacial score (nSPS) is 22.3. The quantitative estimate of drug-likeness (QED) is 0.914. The predicted molar refractivity (Wildman–Crippen MR) is 85.0 cm³/mol. The Hall–Kier alpha value is -3.03. The number of nitrogens with one attached hydrogen (secondary N) is 1. The van der Waals surface area contributed by atoms with Crippen LogP contribution in [0.3, 0.4) is 0 Å². The topological polar surface area (TPSA) is 98.5 Å². The number of fused-ring (bicyclic) bond motifs is 3. The Labute approximate surface area is 137 Å². The average Bonchev–Trinajstić information content (AvgIpc) is 3.03. The number of carbonyl (C=O) groups excluding carboxylic acids is 2. The van der Waals surface area contributed by atoms with E-state index in [1.807, 2.05) is 31.2 Å². The number of rotatable bonds is 3. The van der Waals surface area contributed by atoms with Crippen molar-refractivity contribution in [3.8, 4) is 5.75 Å². The summed E-state index contributed by atoms with van der Waals surface area (Å²) in [7, 11) is 0. The number of carbonyl (C=O) groups is 2. The molecule has 2 amide bonds. The Morgan fingerprint density at radius 3 is 2.83 bits per heavy atom. The number of aliphatic imine (C=N–C) groups is 1. The van der Waals surface area contributed by atoms with E-state index >= 15 is 0 Å². The molecule has 0 saturated carbocycles. The Balaban J connectivity index is 1.74. The zero-order valence-corrected chi connectivity index (χ0v) is 13.0. The largest absolute Gasteiger partial charge is 0.494 e. The van der Waals surface area contributed by atoms with Gasteiger partial charge in [0.25, 0.3) is 0 Å². The van der Waals surface area contributed by atoms with E-state index in [4.69, 9.17) is 4.74 Å². The minimum Gasteiger partial charge on any atom is -0.494 e. The van der Waals surface area contributed by atoms with Crippen LogP contribution >= 0.6 is 0 Å². The molecule has 4 rings (SSSR count). The van der Waals surface area contributed by atoms with Crippen molar-refractivity contribution < 1.29 is 14.3 Å². The van der Waals surface area contributed by atoms with Gasteiger partial charge in [0.05, 0.1) is 6.61 Å². The summed E-state index contributed by atoms with van der Waals surface area (Å²) in [5.41, 5.74) is 0.892. The fourth-order valence-corrected chi connectivity index (χ4v) is 3.18. The fourth-order valence-electron chi connectivity index (χ4n) is 3.18. The van der Waals surface area contributed by atoms with Crippen molar-refractivity contribution in [1.82, 2.24) is 14.8 Å². The first kappa shape index (κ1) is 14.6. The maximum absolute atomic E-state index is 12.5. The number of nitrogens with zero attached hydrogens (tertiary/aromatic N) is 4. The summed E-state index contributed by atoms with van der Waals surface area (Å²) >= 11 is 0. The molecule has 0 spiro atoms. The van der Waals surface area contributed by atoms with Crippen LogP contribution in [0, 0.1) is 5.92 Å². The molecule has 1 aromatic heterocycles. The lowest BCUT2D eigenvalue weighted by Crippen LogP contribution is -2.46. The van der Waals surface area contributed by atoms with Crippen molar-refractivity contribution in [2.75, 3.05) is 11.9 Å². The maximum Gasteiger partial charge on any atom is 0.248 e. The standard InChI is InChI=1S/C16H15N5O3/c1-2-24-10-5-3-9(4-6-10)11-7-12(22)19-14-13(11)15(23)20-16-17-8-18-21(14)16/h3-6,8,11,13H,2,7H2,1H3,(H,17,18,20,23). The number of amides is 2. The van der Waals surface area contributed by atoms with Crippen LogP contribution in [0.25, 0.3) is 0 Å². The molecule has 0 bridgehead atoms. The van der Waals surface area contributed by atoms with Crippen molar-refractivity contribution >= 4 is 23.6 Å². The Morgan fingerprint density at radius 1 is 1.29 bits per heavy atom. The molecule has 2 aromatic rings. The van der Waals surface area contributed by atoms with Crippen LogP contribution in [0.4, 0.5) is 5.95 Å². The second-order valence-electron chi connectivity index (χ2n) is 5.64. The Bertz CT molecular complexity index is 840. The van der Waals surface area contributed by atoms with Crippen molar-refractivity contribution in [3.05, 3.63) is 36.2 Å². The maximum atomic E-state index is 12.5. The van der Waals surface area contributed by atoms with E-state index < -0.39 is 5.92 Å². The molecule has 24 heavy (non-hydrogen) atoms. The molecule has 1 N–H and O–H groups in total. The molecule has 2 aliphatic heterocycles. The van der Waals surface area contributed by atoms with Crippen LogP contribution in [0.1, 0.15) is 24.8 Å². The number of aromatic nitrogens is 3. The highest BCUT2D eigenvalue weighted by Crippen LogP contribution is 2.37. The van der Waals surface area contributed by atoms with Gasteiger partial charge in [-0.3, -0.25) is 14.9 Å². The highest BCUT2D eigenvalue weighted by atomic mass is 16.5. The first-order valence-corrected chi connectivity index (χ1v) is 7.73. The van der Waals surface area contributed by atoms with E-state index in [1.54, 1.807) is 0 Å². The third-order valence-electron chi connectivity index (χ3n) is 4.22. The van der Waals surface area contributed by atoms with Gasteiger partial charge in [0.15, 0.2) is 5.84 Å². The summed E-state index contributed by atoms with van der Waals surface area (Å²) < 4.78 is 6.86. The van der Waals surface area contributed by atoms with Gasteiger partial charge in [0.2, 0.25) is 17.8 Å². The summed E-state index contributed by atoms with van der Waals surface area (Å²) in [6, 6.07) is 7.46. The summed E-state index contributed by atoms with van der Waals surface area (Å²) in [4.78, 5) is 32.7. The van der Waals surface area contributed by atoms with Crippen molar-refractivity contribution in [3.63, 3.8) is 0 Å². The zero-order valence-electron chi connectivity index (χ0n) is 13.0. The van der Waals surface area contributed by atoms with Crippen LogP contribution in [0.5, 0.6) is 5.75 Å². The number of hydrogen-bond acceptors (Lipinski definition) is 5. The van der Waals surface area contributed by atoms with E-state index in [1.165, 1.54) is 11.0 Å². The number of anilines is 1. The average molecular weight is 325 g/mol. The third-order valence-corrected chi connectivity index (χ3v) is 4.22. The lowest BCUT2D eigenvalue weighted by molar-refractivity contribution is -0.121. The first-order valence-electron chi connectivity index (χ1n) is 7.73. The minimum absolute atomic E-state index is 0.180. The van der Waals surface area contributed by atoms with Gasteiger partial charge in [-0.1, -0.05) is 12.1 Å². The summed E-state index contributed by atoms with van der Waals surface area (Å²) in [6.07, 6.45) is 1.51. The van der Waals surface area contributed by atoms with E-state index in [2.05, 4.69) is 20.4 Å². The molecule has 2 atom stereocenters. The van der Waals surface area contributed by atoms with Gasteiger partial charge in [-0.25, -0.2) is 0 Å². The molecule has 2 unspecified atom stereocenters. The molecule has 0 fully saturated rings. The second kappa shape index (κ2) is 5.55. The van der Waals surface area contributed by atoms with Crippen LogP contribution in [-0.2, 0) is 9.59 Å². The summed E-state index contributed by atoms with van der Waals surface area (Å²) in [5.74, 6) is 0.0188. The van der Waals surface area contributed by atoms with Gasteiger partial charge in [-0.15, -0.1) is 0 Å². The molecule has 0 aliphatic carbocycles. The highest BCUT2D eigenvalue weighted by Gasteiger charge is 2.44. The second-order valence-corrected chi connectivity index (χ2v) is 5.64. The van der Waals surface area contributed by atoms with Crippen molar-refractivity contribution in [2.24, 2.45) is 10.9 Å². The fraction of sp³-hybridized carbons (Fsp3) is 0.312. The van der Waals surface area contributed by atoms with Gasteiger partial charge in [0.1, 0.15) is 18.0 Å². The Morgan fingerprint density at radius 2 is 2.08 bits per heavy atom. The number of hydrogen-bond donors (Lipinski definition) is 1. The molecule has 0 radical (unpaired) electrons. The van der Waals surface area contributed by atoms with Gasteiger partial charge in [-0.05, 0) is 24.6 Å². The molecule has 3 heterocycles. The zero-order chi connectivity index (χ0) is 16.7. The molecule has 122 valence electrons. The van der Waals surface area contributed by atoms with Gasteiger partial charge >= 0.3 is 0 Å². The molecule has 8 nitrogen and oxygen atoms in total. The summed E-state index contributed by atoms with van der Waals surface area (Å²) in [6.45, 7) is 2.50. The molecule has 0 saturated heterocycles. The van der Waals surface area contributed by atoms with Gasteiger partial charge in [0, 0.05) is 12.3 Å². The SMILES string of the molecule is CCOc1ccc(C2CC(=O)N=C3C2C(=O)Nc2ncnn23)cc1. The van der Waals surface area contributed by atoms with Crippen LogP contribution in [0.15, 0.2) is 35.6 Å². The van der Waals surface area contributed by atoms with Gasteiger partial charge < -0.3 is 4.74 Å². The van der Waals surface area contributed by atoms with Crippen molar-refractivity contribution in [1.29, 1.82) is 0 Å². The minimum atomic E-state index is -0.574. The molecule has 1 aromatic carbocycles. The lowest BCUT2D eigenvalue weighted by Gasteiger charge is -2.33. The molecule has 8 heteroatoms. The monoisotopic (exact) mass is 325 g/mol. The first-order chi connectivity index (χ1) is 11.7. The van der Waals surface area contributed by atoms with Crippen LogP contribution in [0.2, 0.25) is 0 Å². The van der Waals surface area contributed by atoms with Crippen LogP contribution < -0.4 is 10.1 Å². The summed E-state index contributed by atoms with van der Waals surface area (Å²) in [5, 5.41) is 6.78. The highest BCUT2D eigenvalue weighted by molar-refractivity contribution is 6.17. The van der Waals surface area contributed by atoms with E-state index in [0.717, 1.165) is 11.3 Å². The number of benzene rings is 1. The van der Waals surface area contributed by atoms with E-state index in [-0.39, 0.29) is 30.1 Å². The van der Waals surface area contributed by atoms with Crippen molar-refractivity contribution in [2.45, 2.75) is 19.3 Å². The molecular weight excluding hydrogens is 310 g/mol. The number of ether oxygens (including phenoxy) is 1.